The summed E-state index contributed by atoms with van der Waals surface area (Å²) in [5, 5.41) is 0.287. The summed E-state index contributed by atoms with van der Waals surface area (Å²) in [6.07, 6.45) is 0. The number of nitrogen functional groups attached to an aromatic ring is 1. The third kappa shape index (κ3) is 3.14. The molecule has 0 aromatic heterocycles. The topological polar surface area (TPSA) is 43.1 Å². The Bertz CT molecular complexity index is 625. The molecule has 0 saturated carbocycles. The van der Waals surface area contributed by atoms with Gasteiger partial charge in [0.2, 0.25) is 0 Å². The molecule has 0 aliphatic heterocycles. The molecular formula is C14H13ClFNOS. The SMILES string of the molecule is Cc1ccc(N)cc1S(=O)Cc1c(F)cccc1Cl. The first-order valence-electron chi connectivity index (χ1n) is 5.66. The molecule has 0 bridgehead atoms. The van der Waals surface area contributed by atoms with Crippen LogP contribution in [-0.2, 0) is 16.6 Å². The number of hydrogen-bond acceptors (Lipinski definition) is 2. The van der Waals surface area contributed by atoms with Crippen LogP contribution in [0.25, 0.3) is 0 Å². The lowest BCUT2D eigenvalue weighted by Gasteiger charge is -2.09. The second-order valence-corrected chi connectivity index (χ2v) is 6.04. The lowest BCUT2D eigenvalue weighted by atomic mass is 10.2. The smallest absolute Gasteiger partial charge is 0.128 e. The van der Waals surface area contributed by atoms with E-state index in [1.807, 2.05) is 6.92 Å². The average molecular weight is 298 g/mol. The van der Waals surface area contributed by atoms with Gasteiger partial charge in [-0.25, -0.2) is 4.39 Å². The molecule has 0 aliphatic rings. The molecule has 100 valence electrons. The van der Waals surface area contributed by atoms with Crippen LogP contribution in [0.5, 0.6) is 0 Å². The monoisotopic (exact) mass is 297 g/mol. The molecule has 2 aromatic rings. The van der Waals surface area contributed by atoms with Gasteiger partial charge in [-0.2, -0.15) is 0 Å². The molecule has 0 fully saturated rings. The zero-order chi connectivity index (χ0) is 14.0. The van der Waals surface area contributed by atoms with Gasteiger partial charge in [0.25, 0.3) is 0 Å². The van der Waals surface area contributed by atoms with Crippen molar-refractivity contribution in [2.24, 2.45) is 0 Å². The van der Waals surface area contributed by atoms with E-state index in [2.05, 4.69) is 0 Å². The van der Waals surface area contributed by atoms with Crippen LogP contribution < -0.4 is 5.73 Å². The van der Waals surface area contributed by atoms with E-state index in [4.69, 9.17) is 17.3 Å². The predicted molar refractivity (Wildman–Crippen MR) is 77.1 cm³/mol. The van der Waals surface area contributed by atoms with Crippen LogP contribution >= 0.6 is 11.6 Å². The van der Waals surface area contributed by atoms with Gasteiger partial charge in [0, 0.05) is 21.2 Å². The third-order valence-corrected chi connectivity index (χ3v) is 4.63. The maximum atomic E-state index is 13.7. The van der Waals surface area contributed by atoms with E-state index >= 15 is 0 Å². The molecule has 0 aliphatic carbocycles. The highest BCUT2D eigenvalue weighted by atomic mass is 35.5. The molecular weight excluding hydrogens is 285 g/mol. The van der Waals surface area contributed by atoms with Crippen molar-refractivity contribution in [2.45, 2.75) is 17.6 Å². The van der Waals surface area contributed by atoms with Crippen molar-refractivity contribution in [1.82, 2.24) is 0 Å². The molecule has 0 saturated heterocycles. The fraction of sp³-hybridized carbons (Fsp3) is 0.143. The lowest BCUT2D eigenvalue weighted by molar-refractivity contribution is 0.615. The van der Waals surface area contributed by atoms with Crippen molar-refractivity contribution in [1.29, 1.82) is 0 Å². The molecule has 1 unspecified atom stereocenters. The van der Waals surface area contributed by atoms with Gasteiger partial charge >= 0.3 is 0 Å². The predicted octanol–water partition coefficient (Wildman–Crippen LogP) is 3.68. The van der Waals surface area contributed by atoms with Gasteiger partial charge in [0.05, 0.1) is 16.6 Å². The summed E-state index contributed by atoms with van der Waals surface area (Å²) in [5.74, 6) is -0.405. The van der Waals surface area contributed by atoms with Crippen molar-refractivity contribution in [3.05, 3.63) is 58.4 Å². The highest BCUT2D eigenvalue weighted by molar-refractivity contribution is 7.84. The Kier molecular flexibility index (Phi) is 4.22. The first-order chi connectivity index (χ1) is 8.99. The van der Waals surface area contributed by atoms with Crippen LogP contribution in [0.1, 0.15) is 11.1 Å². The Hall–Kier alpha value is -1.39. The minimum atomic E-state index is -1.38. The fourth-order valence-corrected chi connectivity index (χ4v) is 3.46. The van der Waals surface area contributed by atoms with Gasteiger partial charge in [-0.05, 0) is 36.8 Å². The zero-order valence-electron chi connectivity index (χ0n) is 10.3. The summed E-state index contributed by atoms with van der Waals surface area (Å²) >= 11 is 5.93. The molecule has 2 rings (SSSR count). The summed E-state index contributed by atoms with van der Waals surface area (Å²) in [6.45, 7) is 1.84. The van der Waals surface area contributed by atoms with Crippen LogP contribution in [0.4, 0.5) is 10.1 Å². The lowest BCUT2D eigenvalue weighted by Crippen LogP contribution is -2.02. The Morgan fingerprint density at radius 2 is 2.05 bits per heavy atom. The van der Waals surface area contributed by atoms with E-state index < -0.39 is 16.6 Å². The maximum absolute atomic E-state index is 13.7. The summed E-state index contributed by atoms with van der Waals surface area (Å²) in [5.41, 5.74) is 7.35. The van der Waals surface area contributed by atoms with E-state index in [9.17, 15) is 8.60 Å². The Morgan fingerprint density at radius 3 is 2.74 bits per heavy atom. The average Bonchev–Trinajstić information content (AvgIpc) is 2.37. The maximum Gasteiger partial charge on any atom is 0.128 e. The largest absolute Gasteiger partial charge is 0.399 e. The second kappa shape index (κ2) is 5.72. The minimum absolute atomic E-state index is 0.0375. The molecule has 19 heavy (non-hydrogen) atoms. The third-order valence-electron chi connectivity index (χ3n) is 2.79. The highest BCUT2D eigenvalue weighted by Crippen LogP contribution is 2.24. The van der Waals surface area contributed by atoms with Gasteiger partial charge in [-0.15, -0.1) is 0 Å². The van der Waals surface area contributed by atoms with Crippen molar-refractivity contribution < 1.29 is 8.60 Å². The molecule has 2 N–H and O–H groups in total. The Balaban J connectivity index is 2.34. The Morgan fingerprint density at radius 1 is 1.32 bits per heavy atom. The van der Waals surface area contributed by atoms with Crippen LogP contribution in [0, 0.1) is 12.7 Å². The van der Waals surface area contributed by atoms with Gasteiger partial charge in [0.1, 0.15) is 5.82 Å². The first kappa shape index (κ1) is 14.0. The van der Waals surface area contributed by atoms with Crippen molar-refractivity contribution in [2.75, 3.05) is 5.73 Å². The van der Waals surface area contributed by atoms with Crippen molar-refractivity contribution in [3.63, 3.8) is 0 Å². The molecule has 5 heteroatoms. The van der Waals surface area contributed by atoms with E-state index in [0.29, 0.717) is 10.6 Å². The standard InChI is InChI=1S/C14H13ClFNOS/c1-9-5-6-10(17)7-14(9)19(18)8-11-12(15)3-2-4-13(11)16/h2-7H,8,17H2,1H3. The van der Waals surface area contributed by atoms with E-state index in [0.717, 1.165) is 5.56 Å². The number of hydrogen-bond donors (Lipinski definition) is 1. The first-order valence-corrected chi connectivity index (χ1v) is 7.36. The number of halogens is 2. The molecule has 0 amide bonds. The van der Waals surface area contributed by atoms with Gasteiger partial charge < -0.3 is 5.73 Å². The number of nitrogens with two attached hydrogens (primary N) is 1. The van der Waals surface area contributed by atoms with E-state index in [1.54, 1.807) is 24.3 Å². The molecule has 1 atom stereocenters. The molecule has 0 spiro atoms. The highest BCUT2D eigenvalue weighted by Gasteiger charge is 2.14. The van der Waals surface area contributed by atoms with Gasteiger partial charge in [0.15, 0.2) is 0 Å². The van der Waals surface area contributed by atoms with Crippen LogP contribution in [0.3, 0.4) is 0 Å². The van der Waals surface area contributed by atoms with Crippen molar-refractivity contribution in [3.8, 4) is 0 Å². The number of benzene rings is 2. The molecule has 2 nitrogen and oxygen atoms in total. The number of aryl methyl sites for hydroxylation is 1. The summed E-state index contributed by atoms with van der Waals surface area (Å²) in [6, 6.07) is 9.61. The fourth-order valence-electron chi connectivity index (χ4n) is 1.74. The van der Waals surface area contributed by atoms with Crippen LogP contribution in [-0.4, -0.2) is 4.21 Å². The quantitative estimate of drug-likeness (QED) is 0.878. The van der Waals surface area contributed by atoms with E-state index in [1.165, 1.54) is 12.1 Å². The second-order valence-electron chi connectivity index (χ2n) is 4.22. The molecule has 2 aromatic carbocycles. The van der Waals surface area contributed by atoms with Gasteiger partial charge in [-0.3, -0.25) is 4.21 Å². The van der Waals surface area contributed by atoms with Crippen LogP contribution in [0.2, 0.25) is 5.02 Å². The van der Waals surface area contributed by atoms with Crippen molar-refractivity contribution >= 4 is 28.1 Å². The number of rotatable bonds is 3. The van der Waals surface area contributed by atoms with Crippen LogP contribution in [0.15, 0.2) is 41.3 Å². The summed E-state index contributed by atoms with van der Waals surface area (Å²) in [7, 11) is -1.38. The zero-order valence-corrected chi connectivity index (χ0v) is 11.9. The normalized spacial score (nSPS) is 12.4. The van der Waals surface area contributed by atoms with Gasteiger partial charge in [-0.1, -0.05) is 23.7 Å². The molecule has 0 heterocycles. The summed E-state index contributed by atoms with van der Waals surface area (Å²) < 4.78 is 26.0. The number of anilines is 1. The minimum Gasteiger partial charge on any atom is -0.399 e. The molecule has 0 radical (unpaired) electrons. The summed E-state index contributed by atoms with van der Waals surface area (Å²) in [4.78, 5) is 0.610. The van der Waals surface area contributed by atoms with E-state index in [-0.39, 0.29) is 16.3 Å². The Labute approximate surface area is 118 Å².